The Morgan fingerprint density at radius 2 is 2.18 bits per heavy atom. The third-order valence-corrected chi connectivity index (χ3v) is 2.01. The Morgan fingerprint density at radius 3 is 2.59 bits per heavy atom. The summed E-state index contributed by atoms with van der Waals surface area (Å²) in [5.41, 5.74) is -2.45. The Kier molecular flexibility index (Phi) is 3.79. The van der Waals surface area contributed by atoms with Crippen LogP contribution in [0.25, 0.3) is 0 Å². The Labute approximate surface area is 96.8 Å². The zero-order valence-corrected chi connectivity index (χ0v) is 9.80. The molecule has 0 aromatic carbocycles. The first-order chi connectivity index (χ1) is 7.74. The Balaban J connectivity index is 3.08. The zero-order valence-electron chi connectivity index (χ0n) is 9.80. The van der Waals surface area contributed by atoms with Crippen LogP contribution in [0.1, 0.15) is 36.3 Å². The molecule has 4 nitrogen and oxygen atoms in total. The van der Waals surface area contributed by atoms with E-state index in [1.807, 2.05) is 0 Å². The summed E-state index contributed by atoms with van der Waals surface area (Å²) in [5.74, 6) is -0.664. The third-order valence-electron chi connectivity index (χ3n) is 2.01. The summed E-state index contributed by atoms with van der Waals surface area (Å²) in [6.07, 6.45) is -1.74. The molecule has 0 bridgehead atoms. The number of hydrogen-bond acceptors (Lipinski definition) is 2. The molecule has 96 valence electrons. The van der Waals surface area contributed by atoms with Crippen molar-refractivity contribution in [3.05, 3.63) is 17.5 Å². The molecule has 7 heteroatoms. The predicted octanol–water partition coefficient (Wildman–Crippen LogP) is 1.93. The van der Waals surface area contributed by atoms with Crippen molar-refractivity contribution < 1.29 is 18.0 Å². The minimum atomic E-state index is -2.87. The number of hydrogen-bond donors (Lipinski definition) is 1. The van der Waals surface area contributed by atoms with Crippen LogP contribution in [0.4, 0.5) is 13.2 Å². The van der Waals surface area contributed by atoms with Crippen LogP contribution in [0.5, 0.6) is 0 Å². The summed E-state index contributed by atoms with van der Waals surface area (Å²) < 4.78 is 39.6. The number of rotatable bonds is 4. The van der Waals surface area contributed by atoms with Gasteiger partial charge in [-0.2, -0.15) is 5.10 Å². The van der Waals surface area contributed by atoms with Crippen LogP contribution in [-0.2, 0) is 6.54 Å². The Morgan fingerprint density at radius 1 is 1.59 bits per heavy atom. The van der Waals surface area contributed by atoms with Gasteiger partial charge < -0.3 is 5.32 Å². The minimum Gasteiger partial charge on any atom is -0.355 e. The molecular formula is C10H14F3N3O. The lowest BCUT2D eigenvalue weighted by molar-refractivity contribution is 0.0948. The van der Waals surface area contributed by atoms with E-state index in [4.69, 9.17) is 0 Å². The quantitative estimate of drug-likeness (QED) is 0.886. The molecule has 0 atom stereocenters. The van der Waals surface area contributed by atoms with Gasteiger partial charge in [0, 0.05) is 13.2 Å². The highest BCUT2D eigenvalue weighted by molar-refractivity contribution is 5.94. The number of alkyl halides is 3. The monoisotopic (exact) mass is 249 g/mol. The fourth-order valence-electron chi connectivity index (χ4n) is 1.37. The zero-order chi connectivity index (χ0) is 13.2. The lowest BCUT2D eigenvalue weighted by atomic mass is 10.2. The molecule has 0 saturated carbocycles. The molecule has 1 heterocycles. The maximum atomic E-state index is 13.4. The highest BCUT2D eigenvalue weighted by Gasteiger charge is 2.25. The number of nitrogens with zero attached hydrogens (tertiary/aromatic N) is 2. The summed E-state index contributed by atoms with van der Waals surface area (Å²) >= 11 is 0. The molecule has 1 aromatic heterocycles. The standard InChI is InChI=1S/C10H14F3N3O/c1-10(2,13)5-16-4-6(9(17)14-3)7(15-16)8(11)12/h4,8H,5H2,1-3H3,(H,14,17). The van der Waals surface area contributed by atoms with Gasteiger partial charge in [0.2, 0.25) is 0 Å². The fraction of sp³-hybridized carbons (Fsp3) is 0.600. The molecule has 1 rings (SSSR count). The van der Waals surface area contributed by atoms with E-state index in [1.54, 1.807) is 0 Å². The first-order valence-corrected chi connectivity index (χ1v) is 5.01. The van der Waals surface area contributed by atoms with E-state index in [-0.39, 0.29) is 12.1 Å². The van der Waals surface area contributed by atoms with Crippen LogP contribution in [0.15, 0.2) is 6.20 Å². The highest BCUT2D eigenvalue weighted by atomic mass is 19.3. The van der Waals surface area contributed by atoms with Crippen LogP contribution in [-0.4, -0.2) is 28.4 Å². The Bertz CT molecular complexity index is 409. The number of carbonyl (C=O) groups excluding carboxylic acids is 1. The SMILES string of the molecule is CNC(=O)c1cn(CC(C)(C)F)nc1C(F)F. The van der Waals surface area contributed by atoms with Crippen molar-refractivity contribution in [1.29, 1.82) is 0 Å². The third kappa shape index (κ3) is 3.47. The van der Waals surface area contributed by atoms with E-state index in [2.05, 4.69) is 10.4 Å². The normalized spacial score (nSPS) is 11.9. The van der Waals surface area contributed by atoms with Crippen LogP contribution in [0.2, 0.25) is 0 Å². The molecule has 0 radical (unpaired) electrons. The van der Waals surface area contributed by atoms with Crippen molar-refractivity contribution in [2.75, 3.05) is 7.05 Å². The van der Waals surface area contributed by atoms with Gasteiger partial charge in [0.25, 0.3) is 12.3 Å². The smallest absolute Gasteiger partial charge is 0.282 e. The molecule has 0 spiro atoms. The van der Waals surface area contributed by atoms with Crippen molar-refractivity contribution >= 4 is 5.91 Å². The Hall–Kier alpha value is -1.53. The van der Waals surface area contributed by atoms with Crippen molar-refractivity contribution in [3.8, 4) is 0 Å². The van der Waals surface area contributed by atoms with Gasteiger partial charge in [-0.05, 0) is 13.8 Å². The second-order valence-corrected chi connectivity index (χ2v) is 4.22. The van der Waals surface area contributed by atoms with E-state index in [1.165, 1.54) is 20.9 Å². The second-order valence-electron chi connectivity index (χ2n) is 4.22. The fourth-order valence-corrected chi connectivity index (χ4v) is 1.37. The van der Waals surface area contributed by atoms with Gasteiger partial charge in [0.1, 0.15) is 11.4 Å². The number of carbonyl (C=O) groups is 1. The molecule has 1 aromatic rings. The first-order valence-electron chi connectivity index (χ1n) is 5.01. The molecule has 1 N–H and O–H groups in total. The molecule has 1 amide bonds. The van der Waals surface area contributed by atoms with Crippen molar-refractivity contribution in [2.24, 2.45) is 0 Å². The van der Waals surface area contributed by atoms with Gasteiger partial charge in [-0.15, -0.1) is 0 Å². The van der Waals surface area contributed by atoms with E-state index in [0.717, 1.165) is 10.9 Å². The maximum Gasteiger partial charge on any atom is 0.282 e. The molecule has 0 aliphatic heterocycles. The number of amides is 1. The van der Waals surface area contributed by atoms with Gasteiger partial charge in [0.15, 0.2) is 0 Å². The van der Waals surface area contributed by atoms with Crippen LogP contribution < -0.4 is 5.32 Å². The first kappa shape index (κ1) is 13.5. The molecule has 0 saturated heterocycles. The van der Waals surface area contributed by atoms with Crippen molar-refractivity contribution in [3.63, 3.8) is 0 Å². The predicted molar refractivity (Wildman–Crippen MR) is 55.8 cm³/mol. The number of halogens is 3. The van der Waals surface area contributed by atoms with Crippen molar-refractivity contribution in [1.82, 2.24) is 15.1 Å². The van der Waals surface area contributed by atoms with E-state index >= 15 is 0 Å². The van der Waals surface area contributed by atoms with Crippen LogP contribution in [0.3, 0.4) is 0 Å². The molecule has 0 unspecified atom stereocenters. The van der Waals surface area contributed by atoms with Gasteiger partial charge in [-0.1, -0.05) is 0 Å². The second kappa shape index (κ2) is 4.77. The average molecular weight is 249 g/mol. The summed E-state index contributed by atoms with van der Waals surface area (Å²) in [6.45, 7) is 2.41. The van der Waals surface area contributed by atoms with Gasteiger partial charge in [-0.25, -0.2) is 13.2 Å². The van der Waals surface area contributed by atoms with Crippen LogP contribution >= 0.6 is 0 Å². The summed E-state index contributed by atoms with van der Waals surface area (Å²) in [5, 5.41) is 5.76. The summed E-state index contributed by atoms with van der Waals surface area (Å²) in [4.78, 5) is 11.3. The van der Waals surface area contributed by atoms with E-state index in [0.29, 0.717) is 0 Å². The topological polar surface area (TPSA) is 46.9 Å². The highest BCUT2D eigenvalue weighted by Crippen LogP contribution is 2.22. The molecule has 0 aliphatic carbocycles. The molecular weight excluding hydrogens is 235 g/mol. The lowest BCUT2D eigenvalue weighted by Gasteiger charge is -2.13. The van der Waals surface area contributed by atoms with E-state index in [9.17, 15) is 18.0 Å². The van der Waals surface area contributed by atoms with E-state index < -0.39 is 23.7 Å². The minimum absolute atomic E-state index is 0.191. The van der Waals surface area contributed by atoms with Gasteiger partial charge >= 0.3 is 0 Å². The van der Waals surface area contributed by atoms with Gasteiger partial charge in [-0.3, -0.25) is 9.48 Å². The molecule has 17 heavy (non-hydrogen) atoms. The number of nitrogens with one attached hydrogen (secondary N) is 1. The number of aromatic nitrogens is 2. The average Bonchev–Trinajstić information content (AvgIpc) is 2.57. The largest absolute Gasteiger partial charge is 0.355 e. The summed E-state index contributed by atoms with van der Waals surface area (Å²) in [7, 11) is 1.33. The maximum absolute atomic E-state index is 13.4. The van der Waals surface area contributed by atoms with Crippen molar-refractivity contribution in [2.45, 2.75) is 32.5 Å². The summed E-state index contributed by atoms with van der Waals surface area (Å²) in [6, 6.07) is 0. The van der Waals surface area contributed by atoms with Crippen LogP contribution in [0, 0.1) is 0 Å². The molecule has 0 fully saturated rings. The molecule has 0 aliphatic rings. The van der Waals surface area contributed by atoms with Gasteiger partial charge in [0.05, 0.1) is 12.1 Å². The lowest BCUT2D eigenvalue weighted by Crippen LogP contribution is -2.21.